The lowest BCUT2D eigenvalue weighted by Crippen LogP contribution is -2.58. The van der Waals surface area contributed by atoms with E-state index in [0.29, 0.717) is 23.8 Å². The van der Waals surface area contributed by atoms with Crippen LogP contribution in [0.3, 0.4) is 0 Å². The Labute approximate surface area is 313 Å². The summed E-state index contributed by atoms with van der Waals surface area (Å²) in [6.45, 7) is 4.58. The van der Waals surface area contributed by atoms with E-state index in [1.165, 1.54) is 41.3 Å². The molecule has 53 heavy (non-hydrogen) atoms. The van der Waals surface area contributed by atoms with E-state index in [-0.39, 0.29) is 35.7 Å². The number of carbonyl (C=O) groups excluding carboxylic acids is 4. The molecule has 0 saturated carbocycles. The van der Waals surface area contributed by atoms with Crippen molar-refractivity contribution in [2.45, 2.75) is 55.8 Å². The number of methoxy groups -OCH3 is 1. The van der Waals surface area contributed by atoms with E-state index in [2.05, 4.69) is 10.6 Å². The minimum Gasteiger partial charge on any atom is -0.468 e. The molecule has 0 aromatic heterocycles. The third-order valence-electron chi connectivity index (χ3n) is 8.41. The molecule has 286 valence electrons. The Bertz CT molecular complexity index is 1980. The monoisotopic (exact) mass is 801 g/mol. The van der Waals surface area contributed by atoms with Crippen LogP contribution in [0.15, 0.2) is 65.6 Å². The lowest BCUT2D eigenvalue weighted by molar-refractivity contribution is -0.189. The Balaban J connectivity index is 2.03. The van der Waals surface area contributed by atoms with Gasteiger partial charge in [-0.2, -0.15) is 13.2 Å². The molecule has 4 rings (SSSR count). The first-order valence-electron chi connectivity index (χ1n) is 16.2. The molecule has 3 amide bonds. The Morgan fingerprint density at radius 1 is 0.981 bits per heavy atom. The van der Waals surface area contributed by atoms with Gasteiger partial charge in [0.2, 0.25) is 0 Å². The van der Waals surface area contributed by atoms with Gasteiger partial charge < -0.3 is 25.4 Å². The Morgan fingerprint density at radius 3 is 2.19 bits per heavy atom. The van der Waals surface area contributed by atoms with Gasteiger partial charge in [-0.1, -0.05) is 47.8 Å². The molecule has 4 N–H and O–H groups in total. The van der Waals surface area contributed by atoms with Crippen LogP contribution in [0.4, 0.5) is 29.3 Å². The predicted molar refractivity (Wildman–Crippen MR) is 190 cm³/mol. The minimum atomic E-state index is -5.56. The van der Waals surface area contributed by atoms with Crippen LogP contribution < -0.4 is 25.4 Å². The number of sulfonamides is 1. The van der Waals surface area contributed by atoms with Crippen molar-refractivity contribution in [1.82, 2.24) is 10.2 Å². The molecular formula is C34H36Cl2F3N5O8S. The van der Waals surface area contributed by atoms with Crippen molar-refractivity contribution in [3.63, 3.8) is 0 Å². The van der Waals surface area contributed by atoms with Gasteiger partial charge in [0, 0.05) is 29.4 Å². The maximum Gasteiger partial charge on any atom is 0.491 e. The molecule has 0 aliphatic carbocycles. The van der Waals surface area contributed by atoms with E-state index in [9.17, 15) is 36.0 Å². The first-order valence-corrected chi connectivity index (χ1v) is 18.4. The van der Waals surface area contributed by atoms with E-state index < -0.39 is 78.6 Å². The first kappa shape index (κ1) is 41.3. The number of amides is 3. The lowest BCUT2D eigenvalue weighted by atomic mass is 9.82. The summed E-state index contributed by atoms with van der Waals surface area (Å²) in [6.07, 6.45) is -4.91. The van der Waals surface area contributed by atoms with Crippen LogP contribution in [0.5, 0.6) is 5.75 Å². The van der Waals surface area contributed by atoms with Gasteiger partial charge in [-0.05, 0) is 75.7 Å². The molecule has 13 nitrogen and oxygen atoms in total. The van der Waals surface area contributed by atoms with Crippen molar-refractivity contribution in [2.24, 2.45) is 5.73 Å². The quantitative estimate of drug-likeness (QED) is 0.106. The zero-order valence-electron chi connectivity index (χ0n) is 28.6. The molecule has 1 aliphatic rings. The number of ether oxygens (including phenoxy) is 2. The number of hydrogen-bond acceptors (Lipinski definition) is 10. The average molecular weight is 803 g/mol. The highest BCUT2D eigenvalue weighted by atomic mass is 35.5. The van der Waals surface area contributed by atoms with Crippen LogP contribution >= 0.6 is 23.2 Å². The number of nitrogens with zero attached hydrogens (tertiary/aromatic N) is 2. The van der Waals surface area contributed by atoms with Crippen molar-refractivity contribution in [3.05, 3.63) is 81.8 Å². The third kappa shape index (κ3) is 8.23. The molecule has 1 heterocycles. The number of esters is 2. The number of benzene rings is 3. The molecule has 0 bridgehead atoms. The fourth-order valence-corrected chi connectivity index (χ4v) is 7.77. The number of halogens is 5. The molecule has 0 radical (unpaired) electrons. The highest BCUT2D eigenvalue weighted by molar-refractivity contribution is 7.93. The highest BCUT2D eigenvalue weighted by Gasteiger charge is 2.60. The normalized spacial score (nSPS) is 16.2. The van der Waals surface area contributed by atoms with Gasteiger partial charge in [-0.3, -0.25) is 14.9 Å². The predicted octanol–water partition coefficient (Wildman–Crippen LogP) is 5.57. The van der Waals surface area contributed by atoms with E-state index in [1.807, 2.05) is 0 Å². The number of fused-ring (bicyclic) bond motifs is 1. The number of rotatable bonds is 14. The molecule has 2 atom stereocenters. The highest BCUT2D eigenvalue weighted by Crippen LogP contribution is 2.54. The molecule has 19 heteroatoms. The van der Waals surface area contributed by atoms with Gasteiger partial charge in [-0.15, -0.1) is 0 Å². The summed E-state index contributed by atoms with van der Waals surface area (Å²) in [5.41, 5.74) is 1.77. The van der Waals surface area contributed by atoms with Crippen molar-refractivity contribution in [1.29, 1.82) is 0 Å². The lowest BCUT2D eigenvalue weighted by Gasteiger charge is -2.35. The van der Waals surface area contributed by atoms with E-state index >= 15 is 4.79 Å². The summed E-state index contributed by atoms with van der Waals surface area (Å²) >= 11 is 13.0. The minimum absolute atomic E-state index is 0.0512. The van der Waals surface area contributed by atoms with Crippen LogP contribution in [-0.4, -0.2) is 76.2 Å². The number of carbonyl (C=O) groups is 4. The van der Waals surface area contributed by atoms with Crippen molar-refractivity contribution < 1.29 is 50.2 Å². The van der Waals surface area contributed by atoms with Crippen LogP contribution in [0, 0.1) is 0 Å². The Hall–Kier alpha value is -4.42. The van der Waals surface area contributed by atoms with Gasteiger partial charge in [-0.25, -0.2) is 22.3 Å². The van der Waals surface area contributed by atoms with Gasteiger partial charge in [0.05, 0.1) is 28.3 Å². The molecule has 3 aromatic rings. The largest absolute Gasteiger partial charge is 0.491 e. The molecule has 1 aliphatic heterocycles. The van der Waals surface area contributed by atoms with Gasteiger partial charge >= 0.3 is 24.1 Å². The Morgan fingerprint density at radius 2 is 1.62 bits per heavy atom. The van der Waals surface area contributed by atoms with Crippen molar-refractivity contribution in [3.8, 4) is 5.75 Å². The zero-order valence-corrected chi connectivity index (χ0v) is 31.0. The molecule has 1 unspecified atom stereocenters. The second-order valence-corrected chi connectivity index (χ2v) is 14.2. The molecule has 0 fully saturated rings. The first-order chi connectivity index (χ1) is 25.0. The number of unbranched alkanes of at least 4 members (excludes halogenated alkanes) is 1. The second kappa shape index (κ2) is 16.7. The standard InChI is InChI=1S/C34H36Cl2F3N5O8S/c1-4-43(5-2)32(48)41-20-13-15-21(16-14-20)53(49,50)44-26-18-17-24(36)28(52-31(47)34(37,38)39)27(26)33(30(44)46,22-10-6-7-11-23(22)35)42-25(29(45)51-3)12-8-9-19-40/h6-7,10-11,13-18,25,42H,4-5,8-9,12,19,40H2,1-3H3,(H,41,48)/t25-,33?/m0/s1. The van der Waals surface area contributed by atoms with Crippen molar-refractivity contribution >= 4 is 68.5 Å². The van der Waals surface area contributed by atoms with Gasteiger partial charge in [0.1, 0.15) is 6.04 Å². The number of nitrogens with two attached hydrogens (primary N) is 1. The molecule has 3 aromatic carbocycles. The summed E-state index contributed by atoms with van der Waals surface area (Å²) in [5, 5.41) is 4.69. The summed E-state index contributed by atoms with van der Waals surface area (Å²) in [6, 6.07) is 10.4. The number of hydrogen-bond donors (Lipinski definition) is 3. The maximum atomic E-state index is 15.1. The Kier molecular flexibility index (Phi) is 13.0. The maximum absolute atomic E-state index is 15.1. The summed E-state index contributed by atoms with van der Waals surface area (Å²) in [7, 11) is -3.93. The van der Waals surface area contributed by atoms with Crippen molar-refractivity contribution in [2.75, 3.05) is 36.4 Å². The summed E-state index contributed by atoms with van der Waals surface area (Å²) in [4.78, 5) is 54.3. The smallest absolute Gasteiger partial charge is 0.468 e. The molecule has 0 spiro atoms. The van der Waals surface area contributed by atoms with Crippen LogP contribution in [0.1, 0.15) is 44.2 Å². The average Bonchev–Trinajstić information content (AvgIpc) is 3.37. The van der Waals surface area contributed by atoms with E-state index in [4.69, 9.17) is 38.4 Å². The van der Waals surface area contributed by atoms with Crippen LogP contribution in [-0.2, 0) is 34.7 Å². The second-order valence-electron chi connectivity index (χ2n) is 11.6. The van der Waals surface area contributed by atoms with E-state index in [0.717, 1.165) is 31.4 Å². The number of urea groups is 1. The van der Waals surface area contributed by atoms with Gasteiger partial charge in [0.15, 0.2) is 11.3 Å². The van der Waals surface area contributed by atoms with Gasteiger partial charge in [0.25, 0.3) is 15.9 Å². The fourth-order valence-electron chi connectivity index (χ4n) is 5.84. The molecule has 0 saturated heterocycles. The number of nitrogens with one attached hydrogen (secondary N) is 2. The topological polar surface area (TPSA) is 177 Å². The SMILES string of the molecule is CCN(CC)C(=O)Nc1ccc(S(=O)(=O)N2C(=O)C(N[C@@H](CCCCN)C(=O)OC)(c3ccccc3Cl)c3c2ccc(Cl)c3OC(=O)C(F)(F)F)cc1. The summed E-state index contributed by atoms with van der Waals surface area (Å²) in [5.74, 6) is -6.05. The van der Waals surface area contributed by atoms with E-state index in [1.54, 1.807) is 13.8 Å². The number of anilines is 2. The van der Waals surface area contributed by atoms with Crippen LogP contribution in [0.25, 0.3) is 0 Å². The summed E-state index contributed by atoms with van der Waals surface area (Å²) < 4.78 is 80.2. The molecular weight excluding hydrogens is 766 g/mol. The third-order valence-corrected chi connectivity index (χ3v) is 10.7. The van der Waals surface area contributed by atoms with Crippen LogP contribution in [0.2, 0.25) is 10.0 Å². The fraction of sp³-hybridized carbons (Fsp3) is 0.353. The number of alkyl halides is 3. The zero-order chi connectivity index (χ0) is 39.3.